The van der Waals surface area contributed by atoms with E-state index in [1.807, 2.05) is 0 Å². The van der Waals surface area contributed by atoms with Crippen molar-refractivity contribution < 1.29 is 18.3 Å². The van der Waals surface area contributed by atoms with Crippen molar-refractivity contribution in [3.8, 4) is 11.8 Å². The van der Waals surface area contributed by atoms with Gasteiger partial charge in [-0.25, -0.2) is 8.42 Å². The number of benzene rings is 1. The standard InChI is InChI=1S/C15H17NO4S/c17-8-2-5-12-4-1-6-13(10-12)15(18)16-11-14-7-3-9-21(14,19)20/h1,4,6,10,14,17H,3,7-9,11H2,(H,16,18). The lowest BCUT2D eigenvalue weighted by Crippen LogP contribution is -2.34. The number of carbonyl (C=O) groups is 1. The Balaban J connectivity index is 2.00. The van der Waals surface area contributed by atoms with E-state index in [0.717, 1.165) is 0 Å². The first-order chi connectivity index (χ1) is 10.0. The van der Waals surface area contributed by atoms with Crippen molar-refractivity contribution >= 4 is 15.7 Å². The summed E-state index contributed by atoms with van der Waals surface area (Å²) in [6.45, 7) is -0.0936. The molecule has 1 saturated heterocycles. The summed E-state index contributed by atoms with van der Waals surface area (Å²) in [7, 11) is -3.05. The van der Waals surface area contributed by atoms with Crippen LogP contribution in [0.25, 0.3) is 0 Å². The van der Waals surface area contributed by atoms with Crippen LogP contribution in [0, 0.1) is 11.8 Å². The van der Waals surface area contributed by atoms with E-state index >= 15 is 0 Å². The van der Waals surface area contributed by atoms with E-state index in [2.05, 4.69) is 17.2 Å². The molecule has 1 aliphatic heterocycles. The molecule has 0 radical (unpaired) electrons. The average molecular weight is 307 g/mol. The van der Waals surface area contributed by atoms with Crippen molar-refractivity contribution in [2.24, 2.45) is 0 Å². The fourth-order valence-corrected chi connectivity index (χ4v) is 4.04. The van der Waals surface area contributed by atoms with E-state index in [1.54, 1.807) is 24.3 Å². The maximum atomic E-state index is 12.0. The third kappa shape index (κ3) is 4.06. The van der Waals surface area contributed by atoms with Crippen molar-refractivity contribution in [2.45, 2.75) is 18.1 Å². The Kier molecular flexibility index (Phi) is 4.99. The molecule has 1 aromatic rings. The second kappa shape index (κ2) is 6.74. The zero-order valence-electron chi connectivity index (χ0n) is 11.5. The molecule has 0 aromatic heterocycles. The van der Waals surface area contributed by atoms with Gasteiger partial charge in [0, 0.05) is 17.7 Å². The fourth-order valence-electron chi connectivity index (χ4n) is 2.28. The lowest BCUT2D eigenvalue weighted by atomic mass is 10.1. The molecule has 1 aliphatic rings. The van der Waals surface area contributed by atoms with Crippen LogP contribution < -0.4 is 5.32 Å². The number of aliphatic hydroxyl groups is 1. The molecule has 1 aromatic carbocycles. The second-order valence-corrected chi connectivity index (χ2v) is 7.28. The fraction of sp³-hybridized carbons (Fsp3) is 0.400. The van der Waals surface area contributed by atoms with E-state index in [9.17, 15) is 13.2 Å². The highest BCUT2D eigenvalue weighted by atomic mass is 32.2. The summed E-state index contributed by atoms with van der Waals surface area (Å²) in [5, 5.41) is 10.8. The number of hydrogen-bond acceptors (Lipinski definition) is 4. The highest BCUT2D eigenvalue weighted by Crippen LogP contribution is 2.19. The average Bonchev–Trinajstić information content (AvgIpc) is 2.81. The highest BCUT2D eigenvalue weighted by Gasteiger charge is 2.31. The van der Waals surface area contributed by atoms with E-state index in [1.165, 1.54) is 0 Å². The molecule has 5 nitrogen and oxygen atoms in total. The Morgan fingerprint density at radius 2 is 2.24 bits per heavy atom. The largest absolute Gasteiger partial charge is 0.384 e. The number of aliphatic hydroxyl groups excluding tert-OH is 1. The minimum absolute atomic E-state index is 0.147. The van der Waals surface area contributed by atoms with Gasteiger partial charge in [0.1, 0.15) is 6.61 Å². The summed E-state index contributed by atoms with van der Waals surface area (Å²) in [4.78, 5) is 12.0. The molecule has 1 heterocycles. The van der Waals surface area contributed by atoms with Gasteiger partial charge in [0.15, 0.2) is 9.84 Å². The van der Waals surface area contributed by atoms with Crippen LogP contribution in [0.2, 0.25) is 0 Å². The van der Waals surface area contributed by atoms with Crippen LogP contribution in [-0.2, 0) is 9.84 Å². The van der Waals surface area contributed by atoms with Gasteiger partial charge in [-0.2, -0.15) is 0 Å². The van der Waals surface area contributed by atoms with Crippen molar-refractivity contribution in [1.82, 2.24) is 5.32 Å². The van der Waals surface area contributed by atoms with Crippen molar-refractivity contribution in [1.29, 1.82) is 0 Å². The van der Waals surface area contributed by atoms with Crippen LogP contribution in [-0.4, -0.2) is 43.6 Å². The molecule has 0 spiro atoms. The summed E-state index contributed by atoms with van der Waals surface area (Å²) in [6, 6.07) is 6.69. The minimum atomic E-state index is -3.05. The number of nitrogens with one attached hydrogen (secondary N) is 1. The Bertz CT molecular complexity index is 685. The van der Waals surface area contributed by atoms with E-state index in [-0.39, 0.29) is 24.8 Å². The Hall–Kier alpha value is -1.84. The van der Waals surface area contributed by atoms with Gasteiger partial charge >= 0.3 is 0 Å². The Morgan fingerprint density at radius 1 is 1.43 bits per heavy atom. The molecule has 2 rings (SSSR count). The molecular weight excluding hydrogens is 290 g/mol. The molecule has 0 saturated carbocycles. The van der Waals surface area contributed by atoms with Gasteiger partial charge in [-0.15, -0.1) is 0 Å². The molecule has 0 bridgehead atoms. The van der Waals surface area contributed by atoms with Gasteiger partial charge in [0.25, 0.3) is 5.91 Å². The van der Waals surface area contributed by atoms with Crippen LogP contribution >= 0.6 is 0 Å². The normalized spacial score (nSPS) is 19.6. The van der Waals surface area contributed by atoms with Crippen molar-refractivity contribution in [3.63, 3.8) is 0 Å². The molecular formula is C15H17NO4S. The number of amides is 1. The molecule has 6 heteroatoms. The van der Waals surface area contributed by atoms with E-state index in [4.69, 9.17) is 5.11 Å². The monoisotopic (exact) mass is 307 g/mol. The number of carbonyl (C=O) groups excluding carboxylic acids is 1. The maximum absolute atomic E-state index is 12.0. The molecule has 112 valence electrons. The van der Waals surface area contributed by atoms with Crippen molar-refractivity contribution in [3.05, 3.63) is 35.4 Å². The number of hydrogen-bond donors (Lipinski definition) is 2. The van der Waals surface area contributed by atoms with Crippen LogP contribution in [0.15, 0.2) is 24.3 Å². The zero-order valence-corrected chi connectivity index (χ0v) is 12.3. The first-order valence-electron chi connectivity index (χ1n) is 6.72. The van der Waals surface area contributed by atoms with E-state index in [0.29, 0.717) is 24.0 Å². The van der Waals surface area contributed by atoms with Gasteiger partial charge in [-0.1, -0.05) is 17.9 Å². The molecule has 21 heavy (non-hydrogen) atoms. The molecule has 1 atom stereocenters. The smallest absolute Gasteiger partial charge is 0.251 e. The SMILES string of the molecule is O=C(NCC1CCCS1(=O)=O)c1cccc(C#CCO)c1. The summed E-state index contributed by atoms with van der Waals surface area (Å²) in [6.07, 6.45) is 1.26. The predicted octanol–water partition coefficient (Wildman–Crippen LogP) is 0.337. The number of rotatable bonds is 3. The zero-order chi connectivity index (χ0) is 15.3. The van der Waals surface area contributed by atoms with Crippen molar-refractivity contribution in [2.75, 3.05) is 18.9 Å². The molecule has 1 fully saturated rings. The van der Waals surface area contributed by atoms with Gasteiger partial charge in [0.05, 0.1) is 11.0 Å². The third-order valence-corrected chi connectivity index (χ3v) is 5.67. The summed E-state index contributed by atoms with van der Waals surface area (Å²) < 4.78 is 23.4. The minimum Gasteiger partial charge on any atom is -0.384 e. The number of sulfone groups is 1. The van der Waals surface area contributed by atoms with Crippen LogP contribution in [0.5, 0.6) is 0 Å². The van der Waals surface area contributed by atoms with Gasteiger partial charge in [-0.05, 0) is 31.0 Å². The first-order valence-corrected chi connectivity index (χ1v) is 8.44. The summed E-state index contributed by atoms with van der Waals surface area (Å²) in [5.41, 5.74) is 1.06. The molecule has 0 aliphatic carbocycles. The van der Waals surface area contributed by atoms with Crippen LogP contribution in [0.3, 0.4) is 0 Å². The van der Waals surface area contributed by atoms with E-state index < -0.39 is 15.1 Å². The first kappa shape index (κ1) is 15.5. The molecule has 2 N–H and O–H groups in total. The maximum Gasteiger partial charge on any atom is 0.251 e. The lowest BCUT2D eigenvalue weighted by molar-refractivity contribution is 0.0953. The topological polar surface area (TPSA) is 83.5 Å². The Labute approximate surface area is 124 Å². The molecule has 1 unspecified atom stereocenters. The van der Waals surface area contributed by atoms with Gasteiger partial charge in [-0.3, -0.25) is 4.79 Å². The summed E-state index contributed by atoms with van der Waals surface area (Å²) >= 11 is 0. The van der Waals surface area contributed by atoms with Gasteiger partial charge < -0.3 is 10.4 Å². The predicted molar refractivity (Wildman–Crippen MR) is 79.5 cm³/mol. The molecule has 1 amide bonds. The van der Waals surface area contributed by atoms with Crippen LogP contribution in [0.1, 0.15) is 28.8 Å². The van der Waals surface area contributed by atoms with Crippen LogP contribution in [0.4, 0.5) is 0 Å². The summed E-state index contributed by atoms with van der Waals surface area (Å²) in [5.74, 6) is 5.13. The highest BCUT2D eigenvalue weighted by molar-refractivity contribution is 7.92. The Morgan fingerprint density at radius 3 is 2.90 bits per heavy atom. The van der Waals surface area contributed by atoms with Gasteiger partial charge in [0.2, 0.25) is 0 Å². The lowest BCUT2D eigenvalue weighted by Gasteiger charge is -2.10. The second-order valence-electron chi connectivity index (χ2n) is 4.88. The quantitative estimate of drug-likeness (QED) is 0.789. The third-order valence-electron chi connectivity index (χ3n) is 3.39.